The number of aromatic nitrogens is 1. The van der Waals surface area contributed by atoms with E-state index in [9.17, 15) is 9.59 Å². The van der Waals surface area contributed by atoms with Gasteiger partial charge in [-0.1, -0.05) is 0 Å². The summed E-state index contributed by atoms with van der Waals surface area (Å²) in [4.78, 5) is 24.1. The molecule has 0 radical (unpaired) electrons. The van der Waals surface area contributed by atoms with E-state index in [2.05, 4.69) is 4.74 Å². The summed E-state index contributed by atoms with van der Waals surface area (Å²) in [6.07, 6.45) is 0. The lowest BCUT2D eigenvalue weighted by molar-refractivity contribution is 0.0563. The van der Waals surface area contributed by atoms with E-state index < -0.39 is 5.97 Å². The topological polar surface area (TPSA) is 79.9 Å². The predicted octanol–water partition coefficient (Wildman–Crippen LogP) is 2.76. The number of carbonyl (C=O) groups is 1. The van der Waals surface area contributed by atoms with E-state index in [0.717, 1.165) is 5.69 Å². The molecule has 0 unspecified atom stereocenters. The molecule has 0 saturated carbocycles. The van der Waals surface area contributed by atoms with E-state index in [1.54, 1.807) is 31.4 Å². The van der Waals surface area contributed by atoms with Crippen molar-refractivity contribution < 1.29 is 23.4 Å². The second-order valence-electron chi connectivity index (χ2n) is 5.69. The Morgan fingerprint density at radius 3 is 2.42 bits per heavy atom. The van der Waals surface area contributed by atoms with Gasteiger partial charge in [0.1, 0.15) is 17.3 Å². The van der Waals surface area contributed by atoms with Gasteiger partial charge in [-0.25, -0.2) is 4.79 Å². The van der Waals surface area contributed by atoms with Gasteiger partial charge in [-0.2, -0.15) is 0 Å². The highest BCUT2D eigenvalue weighted by Gasteiger charge is 2.18. The van der Waals surface area contributed by atoms with Crippen molar-refractivity contribution >= 4 is 16.9 Å². The number of furan rings is 1. The summed E-state index contributed by atoms with van der Waals surface area (Å²) in [7, 11) is 4.35. The number of esters is 1. The summed E-state index contributed by atoms with van der Waals surface area (Å²) < 4.78 is 22.9. The number of ether oxygens (including phenoxy) is 3. The van der Waals surface area contributed by atoms with E-state index in [0.29, 0.717) is 34.7 Å². The zero-order valence-corrected chi connectivity index (χ0v) is 15.0. The van der Waals surface area contributed by atoms with Gasteiger partial charge in [0.2, 0.25) is 5.76 Å². The first kappa shape index (κ1) is 17.6. The number of carbonyl (C=O) groups excluding carboxylic acids is 1. The summed E-state index contributed by atoms with van der Waals surface area (Å²) in [5.41, 5.74) is 1.18. The van der Waals surface area contributed by atoms with Crippen LogP contribution in [0.3, 0.4) is 0 Å². The number of hydrogen-bond donors (Lipinski definition) is 0. The Morgan fingerprint density at radius 1 is 1.08 bits per heavy atom. The molecular weight excluding hydrogens is 338 g/mol. The highest BCUT2D eigenvalue weighted by atomic mass is 16.5. The Hall–Kier alpha value is -3.22. The van der Waals surface area contributed by atoms with Crippen molar-refractivity contribution in [2.75, 3.05) is 21.3 Å². The normalized spacial score (nSPS) is 10.8. The minimum absolute atomic E-state index is 0.120. The fourth-order valence-corrected chi connectivity index (χ4v) is 2.94. The van der Waals surface area contributed by atoms with E-state index in [1.807, 2.05) is 11.5 Å². The standard InChI is InChI=1S/C19H19NO6/c1-11-9-13(21)17-14(23-2)7-8-15(24-3)18(17)20(11)10-12-5-6-16(26-12)19(22)25-4/h5-9H,10H2,1-4H3. The van der Waals surface area contributed by atoms with Crippen LogP contribution in [0.5, 0.6) is 11.5 Å². The minimum Gasteiger partial charge on any atom is -0.496 e. The number of nitrogens with zero attached hydrogens (tertiary/aromatic N) is 1. The number of aryl methyl sites for hydroxylation is 1. The van der Waals surface area contributed by atoms with Crippen LogP contribution in [0.2, 0.25) is 0 Å². The van der Waals surface area contributed by atoms with E-state index in [4.69, 9.17) is 13.9 Å². The van der Waals surface area contributed by atoms with Crippen LogP contribution in [0.15, 0.2) is 39.5 Å². The summed E-state index contributed by atoms with van der Waals surface area (Å²) in [5.74, 6) is 1.13. The molecule has 0 aliphatic heterocycles. The second-order valence-corrected chi connectivity index (χ2v) is 5.69. The van der Waals surface area contributed by atoms with E-state index in [1.165, 1.54) is 20.3 Å². The van der Waals surface area contributed by atoms with Crippen molar-refractivity contribution in [3.05, 3.63) is 57.8 Å². The molecule has 7 nitrogen and oxygen atoms in total. The number of benzene rings is 1. The van der Waals surface area contributed by atoms with Gasteiger partial charge in [0.15, 0.2) is 5.43 Å². The third kappa shape index (κ3) is 2.92. The summed E-state index contributed by atoms with van der Waals surface area (Å²) in [6.45, 7) is 2.13. The minimum atomic E-state index is -0.544. The third-order valence-corrected chi connectivity index (χ3v) is 4.19. The monoisotopic (exact) mass is 357 g/mol. The maximum atomic E-state index is 12.6. The van der Waals surface area contributed by atoms with Gasteiger partial charge in [0.05, 0.1) is 38.8 Å². The van der Waals surface area contributed by atoms with Crippen molar-refractivity contribution in [1.82, 2.24) is 4.57 Å². The maximum absolute atomic E-state index is 12.6. The summed E-state index contributed by atoms with van der Waals surface area (Å²) in [6, 6.07) is 8.23. The van der Waals surface area contributed by atoms with Gasteiger partial charge in [-0.3, -0.25) is 4.79 Å². The third-order valence-electron chi connectivity index (χ3n) is 4.19. The van der Waals surface area contributed by atoms with Gasteiger partial charge in [-0.05, 0) is 31.2 Å². The summed E-state index contributed by atoms with van der Waals surface area (Å²) >= 11 is 0. The second kappa shape index (κ2) is 6.95. The first-order valence-electron chi connectivity index (χ1n) is 7.92. The van der Waals surface area contributed by atoms with Gasteiger partial charge in [-0.15, -0.1) is 0 Å². The SMILES string of the molecule is COC(=O)c1ccc(Cn2c(C)cc(=O)c3c(OC)ccc(OC)c32)o1. The fraction of sp³-hybridized carbons (Fsp3) is 0.263. The molecule has 0 saturated heterocycles. The summed E-state index contributed by atoms with van der Waals surface area (Å²) in [5, 5.41) is 0.428. The fourth-order valence-electron chi connectivity index (χ4n) is 2.94. The Bertz CT molecular complexity index is 1030. The molecule has 136 valence electrons. The van der Waals surface area contributed by atoms with Crippen LogP contribution in [-0.2, 0) is 11.3 Å². The lowest BCUT2D eigenvalue weighted by Gasteiger charge is -2.17. The van der Waals surface area contributed by atoms with Crippen molar-refractivity contribution in [1.29, 1.82) is 0 Å². The molecule has 0 aliphatic carbocycles. The number of pyridine rings is 1. The molecule has 3 aromatic rings. The highest BCUT2D eigenvalue weighted by molar-refractivity contribution is 5.91. The highest BCUT2D eigenvalue weighted by Crippen LogP contribution is 2.32. The van der Waals surface area contributed by atoms with Crippen molar-refractivity contribution in [2.45, 2.75) is 13.5 Å². The molecule has 2 aromatic heterocycles. The number of hydrogen-bond acceptors (Lipinski definition) is 6. The molecule has 0 bridgehead atoms. The number of methoxy groups -OCH3 is 3. The zero-order chi connectivity index (χ0) is 18.8. The molecule has 0 spiro atoms. The van der Waals surface area contributed by atoms with Gasteiger partial charge in [0.25, 0.3) is 0 Å². The lowest BCUT2D eigenvalue weighted by atomic mass is 10.1. The van der Waals surface area contributed by atoms with Crippen molar-refractivity contribution in [3.63, 3.8) is 0 Å². The smallest absolute Gasteiger partial charge is 0.373 e. The molecule has 3 rings (SSSR count). The van der Waals surface area contributed by atoms with Crippen LogP contribution in [-0.4, -0.2) is 31.9 Å². The number of rotatable bonds is 5. The van der Waals surface area contributed by atoms with E-state index >= 15 is 0 Å². The van der Waals surface area contributed by atoms with Crippen LogP contribution in [0.25, 0.3) is 10.9 Å². The Labute approximate surface area is 149 Å². The van der Waals surface area contributed by atoms with Crippen molar-refractivity contribution in [3.8, 4) is 11.5 Å². The van der Waals surface area contributed by atoms with Crippen LogP contribution < -0.4 is 14.9 Å². The zero-order valence-electron chi connectivity index (χ0n) is 15.0. The molecule has 2 heterocycles. The van der Waals surface area contributed by atoms with Gasteiger partial charge >= 0.3 is 5.97 Å². The molecule has 7 heteroatoms. The van der Waals surface area contributed by atoms with Crippen molar-refractivity contribution in [2.24, 2.45) is 0 Å². The molecular formula is C19H19NO6. The molecule has 26 heavy (non-hydrogen) atoms. The lowest BCUT2D eigenvalue weighted by Crippen LogP contribution is -2.14. The average Bonchev–Trinajstić information content (AvgIpc) is 3.11. The Kier molecular flexibility index (Phi) is 4.71. The molecule has 0 N–H and O–H groups in total. The maximum Gasteiger partial charge on any atom is 0.373 e. The average molecular weight is 357 g/mol. The van der Waals surface area contributed by atoms with Crippen LogP contribution in [0.4, 0.5) is 0 Å². The molecule has 0 aliphatic rings. The van der Waals surface area contributed by atoms with Gasteiger partial charge in [0, 0.05) is 11.8 Å². The van der Waals surface area contributed by atoms with Gasteiger partial charge < -0.3 is 23.2 Å². The Balaban J connectivity index is 2.20. The molecule has 0 atom stereocenters. The first-order valence-corrected chi connectivity index (χ1v) is 7.92. The number of fused-ring (bicyclic) bond motifs is 1. The molecule has 0 amide bonds. The first-order chi connectivity index (χ1) is 12.5. The quantitative estimate of drug-likeness (QED) is 0.653. The molecule has 0 fully saturated rings. The van der Waals surface area contributed by atoms with Crippen LogP contribution >= 0.6 is 0 Å². The predicted molar refractivity (Wildman–Crippen MR) is 95.2 cm³/mol. The largest absolute Gasteiger partial charge is 0.496 e. The van der Waals surface area contributed by atoms with E-state index in [-0.39, 0.29) is 11.2 Å². The van der Waals surface area contributed by atoms with Crippen LogP contribution in [0.1, 0.15) is 22.0 Å². The van der Waals surface area contributed by atoms with Crippen LogP contribution in [0, 0.1) is 6.92 Å². The molecule has 1 aromatic carbocycles. The Morgan fingerprint density at radius 2 is 1.77 bits per heavy atom.